The quantitative estimate of drug-likeness (QED) is 0.801. The smallest absolute Gasteiger partial charge is 0.266 e. The van der Waals surface area contributed by atoms with Crippen LogP contribution in [0.5, 0.6) is 11.5 Å². The normalized spacial score (nSPS) is 11.8. The molecule has 0 unspecified atom stereocenters. The number of hydrogen-bond donors (Lipinski definition) is 1. The van der Waals surface area contributed by atoms with Crippen LogP contribution in [0.25, 0.3) is 0 Å². The average Bonchev–Trinajstić information content (AvgIpc) is 3.00. The van der Waals surface area contributed by atoms with Gasteiger partial charge < -0.3 is 9.47 Å². The number of unbranched alkanes of at least 4 members (excludes halogenated alkanes) is 1. The zero-order valence-corrected chi connectivity index (χ0v) is 14.4. The van der Waals surface area contributed by atoms with E-state index in [2.05, 4.69) is 22.4 Å². The summed E-state index contributed by atoms with van der Waals surface area (Å²) in [5.74, 6) is 0.999. The summed E-state index contributed by atoms with van der Waals surface area (Å²) >= 11 is 1.40. The van der Waals surface area contributed by atoms with Gasteiger partial charge >= 0.3 is 0 Å². The van der Waals surface area contributed by atoms with Crippen molar-refractivity contribution in [2.75, 3.05) is 12.4 Å². The van der Waals surface area contributed by atoms with Crippen LogP contribution in [0.3, 0.4) is 0 Å². The van der Waals surface area contributed by atoms with Gasteiger partial charge in [0.25, 0.3) is 5.91 Å². The Morgan fingerprint density at radius 2 is 2.13 bits per heavy atom. The van der Waals surface area contributed by atoms with Gasteiger partial charge in [0.15, 0.2) is 6.10 Å². The van der Waals surface area contributed by atoms with Crippen molar-refractivity contribution in [3.8, 4) is 11.5 Å². The Balaban J connectivity index is 1.90. The maximum atomic E-state index is 12.2. The van der Waals surface area contributed by atoms with Gasteiger partial charge in [-0.2, -0.15) is 0 Å². The summed E-state index contributed by atoms with van der Waals surface area (Å²) in [6, 6.07) is 7.14. The molecule has 0 aliphatic rings. The third-order valence-electron chi connectivity index (χ3n) is 3.16. The summed E-state index contributed by atoms with van der Waals surface area (Å²) in [5, 5.41) is 12.2. The SMILES string of the molecule is CCCCc1nnc(NC(=O)[C@H](C)Oc2cccc(OC)c2)s1. The van der Waals surface area contributed by atoms with E-state index in [4.69, 9.17) is 9.47 Å². The first-order valence-electron chi connectivity index (χ1n) is 7.56. The Labute approximate surface area is 139 Å². The van der Waals surface area contributed by atoms with Crippen LogP contribution in [0, 0.1) is 0 Å². The molecule has 2 aromatic rings. The lowest BCUT2D eigenvalue weighted by Gasteiger charge is -2.14. The first-order chi connectivity index (χ1) is 11.1. The molecular formula is C16H21N3O3S. The molecule has 1 N–H and O–H groups in total. The number of aryl methyl sites for hydroxylation is 1. The maximum Gasteiger partial charge on any atom is 0.266 e. The van der Waals surface area contributed by atoms with Gasteiger partial charge in [0, 0.05) is 12.5 Å². The molecule has 0 bridgehead atoms. The zero-order chi connectivity index (χ0) is 16.7. The fourth-order valence-electron chi connectivity index (χ4n) is 1.87. The molecule has 1 atom stereocenters. The van der Waals surface area contributed by atoms with Gasteiger partial charge in [0.1, 0.15) is 16.5 Å². The van der Waals surface area contributed by atoms with Crippen LogP contribution in [-0.2, 0) is 11.2 Å². The van der Waals surface area contributed by atoms with Crippen molar-refractivity contribution in [1.82, 2.24) is 10.2 Å². The summed E-state index contributed by atoms with van der Waals surface area (Å²) < 4.78 is 10.8. The number of ether oxygens (including phenoxy) is 2. The molecule has 6 nitrogen and oxygen atoms in total. The number of methoxy groups -OCH3 is 1. The van der Waals surface area contributed by atoms with Crippen LogP contribution in [-0.4, -0.2) is 29.3 Å². The summed E-state index contributed by atoms with van der Waals surface area (Å²) in [4.78, 5) is 12.2. The number of carbonyl (C=O) groups is 1. The van der Waals surface area contributed by atoms with Gasteiger partial charge in [-0.05, 0) is 25.5 Å². The van der Waals surface area contributed by atoms with E-state index in [-0.39, 0.29) is 5.91 Å². The first kappa shape index (κ1) is 17.2. The van der Waals surface area contributed by atoms with E-state index in [9.17, 15) is 4.79 Å². The van der Waals surface area contributed by atoms with E-state index in [1.807, 2.05) is 12.1 Å². The molecule has 1 amide bonds. The minimum absolute atomic E-state index is 0.258. The van der Waals surface area contributed by atoms with Crippen molar-refractivity contribution >= 4 is 22.4 Å². The third kappa shape index (κ3) is 5.21. The van der Waals surface area contributed by atoms with E-state index in [1.165, 1.54) is 11.3 Å². The highest BCUT2D eigenvalue weighted by molar-refractivity contribution is 7.15. The van der Waals surface area contributed by atoms with E-state index in [0.29, 0.717) is 16.6 Å². The van der Waals surface area contributed by atoms with Gasteiger partial charge in [-0.1, -0.05) is 30.7 Å². The average molecular weight is 335 g/mol. The lowest BCUT2D eigenvalue weighted by atomic mass is 10.3. The molecule has 0 aliphatic carbocycles. The van der Waals surface area contributed by atoms with Crippen LogP contribution in [0.1, 0.15) is 31.7 Å². The van der Waals surface area contributed by atoms with Crippen LogP contribution in [0.2, 0.25) is 0 Å². The van der Waals surface area contributed by atoms with Gasteiger partial charge in [-0.15, -0.1) is 10.2 Å². The minimum atomic E-state index is -0.648. The highest BCUT2D eigenvalue weighted by Crippen LogP contribution is 2.21. The molecule has 124 valence electrons. The highest BCUT2D eigenvalue weighted by Gasteiger charge is 2.17. The van der Waals surface area contributed by atoms with Crippen molar-refractivity contribution in [3.63, 3.8) is 0 Å². The van der Waals surface area contributed by atoms with E-state index in [1.54, 1.807) is 26.2 Å². The Morgan fingerprint density at radius 3 is 2.87 bits per heavy atom. The molecule has 0 spiro atoms. The first-order valence-corrected chi connectivity index (χ1v) is 8.38. The van der Waals surface area contributed by atoms with Crippen LogP contribution < -0.4 is 14.8 Å². The highest BCUT2D eigenvalue weighted by atomic mass is 32.1. The lowest BCUT2D eigenvalue weighted by Crippen LogP contribution is -2.30. The standard InChI is InChI=1S/C16H21N3O3S/c1-4-5-9-14-18-19-16(23-14)17-15(20)11(2)22-13-8-6-7-12(10-13)21-3/h6-8,10-11H,4-5,9H2,1-3H3,(H,17,19,20)/t11-/m0/s1. The monoisotopic (exact) mass is 335 g/mol. The molecule has 0 aliphatic heterocycles. The van der Waals surface area contributed by atoms with Crippen molar-refractivity contribution in [2.45, 2.75) is 39.2 Å². The number of rotatable bonds is 8. The lowest BCUT2D eigenvalue weighted by molar-refractivity contribution is -0.122. The topological polar surface area (TPSA) is 73.3 Å². The molecule has 2 rings (SSSR count). The number of nitrogens with zero attached hydrogens (tertiary/aromatic N) is 2. The Bertz CT molecular complexity index is 645. The molecule has 1 heterocycles. The molecule has 7 heteroatoms. The van der Waals surface area contributed by atoms with E-state index >= 15 is 0 Å². The number of benzene rings is 1. The summed E-state index contributed by atoms with van der Waals surface area (Å²) in [6.07, 6.45) is 2.41. The summed E-state index contributed by atoms with van der Waals surface area (Å²) in [6.45, 7) is 3.81. The third-order valence-corrected chi connectivity index (χ3v) is 4.06. The maximum absolute atomic E-state index is 12.2. The van der Waals surface area contributed by atoms with E-state index < -0.39 is 6.10 Å². The molecule has 0 saturated carbocycles. The predicted octanol–water partition coefficient (Wildman–Crippen LogP) is 3.30. The minimum Gasteiger partial charge on any atom is -0.497 e. The van der Waals surface area contributed by atoms with Crippen molar-refractivity contribution < 1.29 is 14.3 Å². The fraction of sp³-hybridized carbons (Fsp3) is 0.438. The molecule has 0 radical (unpaired) electrons. The molecule has 23 heavy (non-hydrogen) atoms. The number of nitrogens with one attached hydrogen (secondary N) is 1. The second-order valence-electron chi connectivity index (χ2n) is 5.03. The Hall–Kier alpha value is -2.15. The number of carbonyl (C=O) groups excluding carboxylic acids is 1. The summed E-state index contributed by atoms with van der Waals surface area (Å²) in [7, 11) is 1.58. The van der Waals surface area contributed by atoms with Gasteiger partial charge in [-0.3, -0.25) is 10.1 Å². The molecule has 1 aromatic heterocycles. The second-order valence-corrected chi connectivity index (χ2v) is 6.09. The van der Waals surface area contributed by atoms with E-state index in [0.717, 1.165) is 24.3 Å². The zero-order valence-electron chi connectivity index (χ0n) is 13.5. The Morgan fingerprint density at radius 1 is 1.35 bits per heavy atom. The van der Waals surface area contributed by atoms with Crippen molar-refractivity contribution in [1.29, 1.82) is 0 Å². The van der Waals surface area contributed by atoms with Crippen LogP contribution >= 0.6 is 11.3 Å². The predicted molar refractivity (Wildman–Crippen MR) is 90.2 cm³/mol. The van der Waals surface area contributed by atoms with Crippen molar-refractivity contribution in [3.05, 3.63) is 29.3 Å². The number of amides is 1. The fourth-order valence-corrected chi connectivity index (χ4v) is 2.66. The van der Waals surface area contributed by atoms with Crippen LogP contribution in [0.4, 0.5) is 5.13 Å². The second kappa shape index (κ2) is 8.47. The molecule has 0 saturated heterocycles. The Kier molecular flexibility index (Phi) is 6.34. The number of aromatic nitrogens is 2. The van der Waals surface area contributed by atoms with Crippen LogP contribution in [0.15, 0.2) is 24.3 Å². The van der Waals surface area contributed by atoms with Gasteiger partial charge in [-0.25, -0.2) is 0 Å². The molecular weight excluding hydrogens is 314 g/mol. The molecule has 1 aromatic carbocycles. The summed E-state index contributed by atoms with van der Waals surface area (Å²) in [5.41, 5.74) is 0. The van der Waals surface area contributed by atoms with Crippen molar-refractivity contribution in [2.24, 2.45) is 0 Å². The molecule has 0 fully saturated rings. The van der Waals surface area contributed by atoms with Gasteiger partial charge in [0.2, 0.25) is 5.13 Å². The number of hydrogen-bond acceptors (Lipinski definition) is 6. The number of anilines is 1. The van der Waals surface area contributed by atoms with Gasteiger partial charge in [0.05, 0.1) is 7.11 Å². The largest absolute Gasteiger partial charge is 0.497 e.